The fraction of sp³-hybridized carbons (Fsp3) is 0.882. The Morgan fingerprint density at radius 2 is 0.684 bits per heavy atom. The Bertz CT molecular complexity index is 861. The average Bonchev–Trinajstić information content (AvgIpc) is 3.21. The zero-order valence-corrected chi connectivity index (χ0v) is 38.7. The van der Waals surface area contributed by atoms with E-state index in [2.05, 4.69) is 32.6 Å². The highest BCUT2D eigenvalue weighted by molar-refractivity contribution is 5.83. The zero-order valence-electron chi connectivity index (χ0n) is 38.7. The summed E-state index contributed by atoms with van der Waals surface area (Å²) < 4.78 is 11.1. The van der Waals surface area contributed by atoms with E-state index in [0.717, 1.165) is 103 Å². The van der Waals surface area contributed by atoms with Crippen LogP contribution < -0.4 is 0 Å². The number of esters is 2. The maximum atomic E-state index is 12.3. The number of ether oxygens (including phenoxy) is 2. The van der Waals surface area contributed by atoms with E-state index in [1.165, 1.54) is 152 Å². The first-order valence-electron chi connectivity index (χ1n) is 25.1. The lowest BCUT2D eigenvalue weighted by molar-refractivity contribution is -0.138. The van der Waals surface area contributed by atoms with Gasteiger partial charge in [-0.25, -0.2) is 9.59 Å². The maximum absolute atomic E-state index is 12.3. The number of nitrogens with zero attached hydrogens (tertiary/aromatic N) is 1. The van der Waals surface area contributed by atoms with Crippen LogP contribution in [0.2, 0.25) is 0 Å². The van der Waals surface area contributed by atoms with Crippen molar-refractivity contribution in [2.75, 3.05) is 39.5 Å². The van der Waals surface area contributed by atoms with Gasteiger partial charge in [0, 0.05) is 25.3 Å². The van der Waals surface area contributed by atoms with Gasteiger partial charge >= 0.3 is 11.9 Å². The number of aliphatic hydroxyl groups is 1. The third-order valence-corrected chi connectivity index (χ3v) is 11.4. The van der Waals surface area contributed by atoms with Gasteiger partial charge in [-0.1, -0.05) is 180 Å². The van der Waals surface area contributed by atoms with Gasteiger partial charge in [-0.2, -0.15) is 0 Å². The van der Waals surface area contributed by atoms with Gasteiger partial charge in [-0.15, -0.1) is 0 Å². The lowest BCUT2D eigenvalue weighted by Gasteiger charge is -2.22. The van der Waals surface area contributed by atoms with E-state index < -0.39 is 0 Å². The lowest BCUT2D eigenvalue weighted by Crippen LogP contribution is -2.27. The molecule has 0 saturated carbocycles. The van der Waals surface area contributed by atoms with Crippen LogP contribution in [0.3, 0.4) is 0 Å². The first-order valence-corrected chi connectivity index (χ1v) is 25.1. The van der Waals surface area contributed by atoms with Crippen LogP contribution in [0, 0.1) is 0 Å². The van der Waals surface area contributed by atoms with Crippen LogP contribution in [0.1, 0.15) is 252 Å². The molecule has 0 unspecified atom stereocenters. The molecule has 6 nitrogen and oxygen atoms in total. The van der Waals surface area contributed by atoms with Crippen molar-refractivity contribution in [1.82, 2.24) is 4.90 Å². The number of hydrogen-bond acceptors (Lipinski definition) is 6. The number of carbonyl (C=O) groups is 2. The van der Waals surface area contributed by atoms with E-state index in [1.54, 1.807) is 12.2 Å². The molecule has 0 aliphatic heterocycles. The molecule has 0 spiro atoms. The number of allylic oxidation sites excluding steroid dienone is 2. The van der Waals surface area contributed by atoms with Crippen molar-refractivity contribution in [3.63, 3.8) is 0 Å². The first kappa shape index (κ1) is 55.3. The van der Waals surface area contributed by atoms with E-state index in [4.69, 9.17) is 9.47 Å². The second kappa shape index (κ2) is 45.4. The quantitative estimate of drug-likeness (QED) is 0.0375. The number of unbranched alkanes of at least 4 members (excludes halogenated alkanes) is 24. The van der Waals surface area contributed by atoms with E-state index >= 15 is 0 Å². The fourth-order valence-corrected chi connectivity index (χ4v) is 7.65. The second-order valence-electron chi connectivity index (χ2n) is 17.1. The predicted molar refractivity (Wildman–Crippen MR) is 246 cm³/mol. The van der Waals surface area contributed by atoms with Crippen molar-refractivity contribution in [3.8, 4) is 0 Å². The monoisotopic (exact) mass is 804 g/mol. The summed E-state index contributed by atoms with van der Waals surface area (Å²) in [5.41, 5.74) is 2.56. The number of aliphatic hydroxyl groups excluding tert-OH is 1. The molecular formula is C51H97NO5. The standard InChI is InChI=1S/C51H97NO5/c1-5-9-13-29-38-48(36-11-7-3)46-50(54)56-44-33-27-23-19-15-17-21-25-31-40-52(42-35-43-53)41-32-26-22-18-16-20-24-28-34-45-57-51(55)47-49(37-12-8-4)39-30-14-10-6-2/h46-47,53H,5-45H2,1-4H3/b48-46+,49-47?. The molecule has 0 aliphatic rings. The topological polar surface area (TPSA) is 76.1 Å². The molecule has 0 saturated heterocycles. The summed E-state index contributed by atoms with van der Waals surface area (Å²) >= 11 is 0. The molecule has 0 aromatic heterocycles. The molecule has 336 valence electrons. The zero-order chi connectivity index (χ0) is 41.7. The van der Waals surface area contributed by atoms with E-state index in [1.807, 2.05) is 0 Å². The Morgan fingerprint density at radius 1 is 0.386 bits per heavy atom. The number of hydrogen-bond donors (Lipinski definition) is 1. The first-order chi connectivity index (χ1) is 28.0. The smallest absolute Gasteiger partial charge is 0.330 e. The highest BCUT2D eigenvalue weighted by Gasteiger charge is 2.07. The Kier molecular flexibility index (Phi) is 44.1. The molecule has 57 heavy (non-hydrogen) atoms. The summed E-state index contributed by atoms with van der Waals surface area (Å²) in [5.74, 6) is -0.267. The van der Waals surface area contributed by atoms with Crippen LogP contribution in [-0.4, -0.2) is 61.4 Å². The normalized spacial score (nSPS) is 12.2. The minimum Gasteiger partial charge on any atom is -0.463 e. The van der Waals surface area contributed by atoms with Gasteiger partial charge in [0.05, 0.1) is 13.2 Å². The Hall–Kier alpha value is -1.66. The number of carbonyl (C=O) groups excluding carboxylic acids is 2. The van der Waals surface area contributed by atoms with Crippen molar-refractivity contribution in [3.05, 3.63) is 23.3 Å². The van der Waals surface area contributed by atoms with E-state index in [-0.39, 0.29) is 18.5 Å². The summed E-state index contributed by atoms with van der Waals surface area (Å²) in [6.45, 7) is 13.6. The second-order valence-corrected chi connectivity index (χ2v) is 17.1. The van der Waals surface area contributed by atoms with Crippen LogP contribution in [0.15, 0.2) is 23.3 Å². The van der Waals surface area contributed by atoms with Crippen LogP contribution in [-0.2, 0) is 19.1 Å². The molecule has 0 fully saturated rings. The van der Waals surface area contributed by atoms with Gasteiger partial charge in [-0.3, -0.25) is 0 Å². The Balaban J connectivity index is 3.86. The van der Waals surface area contributed by atoms with Crippen molar-refractivity contribution < 1.29 is 24.2 Å². The van der Waals surface area contributed by atoms with E-state index in [0.29, 0.717) is 13.2 Å². The summed E-state index contributed by atoms with van der Waals surface area (Å²) in [6, 6.07) is 0. The van der Waals surface area contributed by atoms with Crippen molar-refractivity contribution in [1.29, 1.82) is 0 Å². The van der Waals surface area contributed by atoms with Crippen molar-refractivity contribution >= 4 is 11.9 Å². The molecule has 0 rings (SSSR count). The van der Waals surface area contributed by atoms with Crippen LogP contribution in [0.5, 0.6) is 0 Å². The molecule has 0 amide bonds. The third-order valence-electron chi connectivity index (χ3n) is 11.4. The molecular weight excluding hydrogens is 707 g/mol. The lowest BCUT2D eigenvalue weighted by atomic mass is 10.0. The summed E-state index contributed by atoms with van der Waals surface area (Å²) in [5, 5.41) is 9.40. The molecule has 0 bridgehead atoms. The highest BCUT2D eigenvalue weighted by Crippen LogP contribution is 2.19. The minimum atomic E-state index is -0.134. The van der Waals surface area contributed by atoms with Gasteiger partial charge in [0.15, 0.2) is 0 Å². The van der Waals surface area contributed by atoms with E-state index in [9.17, 15) is 14.7 Å². The fourth-order valence-electron chi connectivity index (χ4n) is 7.65. The van der Waals surface area contributed by atoms with Gasteiger partial charge in [0.2, 0.25) is 0 Å². The molecule has 0 radical (unpaired) electrons. The van der Waals surface area contributed by atoms with Gasteiger partial charge in [0.25, 0.3) is 0 Å². The van der Waals surface area contributed by atoms with Crippen LogP contribution in [0.25, 0.3) is 0 Å². The van der Waals surface area contributed by atoms with Crippen molar-refractivity contribution in [2.45, 2.75) is 252 Å². The molecule has 0 aliphatic carbocycles. The van der Waals surface area contributed by atoms with Crippen LogP contribution >= 0.6 is 0 Å². The Labute approximate surface area is 355 Å². The summed E-state index contributed by atoms with van der Waals surface area (Å²) in [6.07, 6.45) is 45.5. The maximum Gasteiger partial charge on any atom is 0.330 e. The summed E-state index contributed by atoms with van der Waals surface area (Å²) in [4.78, 5) is 27.3. The van der Waals surface area contributed by atoms with Crippen LogP contribution in [0.4, 0.5) is 0 Å². The van der Waals surface area contributed by atoms with Crippen molar-refractivity contribution in [2.24, 2.45) is 0 Å². The molecule has 6 heteroatoms. The highest BCUT2D eigenvalue weighted by atomic mass is 16.5. The third kappa shape index (κ3) is 40.9. The number of rotatable bonds is 45. The average molecular weight is 804 g/mol. The SMILES string of the molecule is CCCCCCC(=CC(=O)OCCCCCCCCCCCN(CCCO)CCCCCCCCCCCOC(=O)/C=C(\CCCC)CCCCCC)CCCC. The largest absolute Gasteiger partial charge is 0.463 e. The Morgan fingerprint density at radius 3 is 1.04 bits per heavy atom. The van der Waals surface area contributed by atoms with Gasteiger partial charge in [-0.05, 0) is 96.6 Å². The van der Waals surface area contributed by atoms with Gasteiger partial charge < -0.3 is 19.5 Å². The molecule has 0 heterocycles. The summed E-state index contributed by atoms with van der Waals surface area (Å²) in [7, 11) is 0. The van der Waals surface area contributed by atoms with Gasteiger partial charge in [0.1, 0.15) is 0 Å². The minimum absolute atomic E-state index is 0.134. The molecule has 0 aromatic rings. The molecule has 0 aromatic carbocycles. The molecule has 1 N–H and O–H groups in total. The predicted octanol–water partition coefficient (Wildman–Crippen LogP) is 15.0. The molecule has 0 atom stereocenters.